The van der Waals surface area contributed by atoms with Crippen molar-refractivity contribution in [2.75, 3.05) is 5.32 Å². The fourth-order valence-corrected chi connectivity index (χ4v) is 2.09. The second-order valence-corrected chi connectivity index (χ2v) is 5.44. The average Bonchev–Trinajstić information content (AvgIpc) is 3.16. The maximum Gasteiger partial charge on any atom is 0.224 e. The first kappa shape index (κ1) is 13.1. The summed E-state index contributed by atoms with van der Waals surface area (Å²) in [6, 6.07) is 5.47. The van der Waals surface area contributed by atoms with Gasteiger partial charge in [0.15, 0.2) is 11.5 Å². The van der Waals surface area contributed by atoms with E-state index in [0.717, 1.165) is 29.8 Å². The highest BCUT2D eigenvalue weighted by atomic mass is 16.3. The van der Waals surface area contributed by atoms with Crippen LogP contribution in [0.1, 0.15) is 44.4 Å². The Morgan fingerprint density at radius 1 is 1.55 bits per heavy atom. The molecule has 1 unspecified atom stereocenters. The van der Waals surface area contributed by atoms with Crippen molar-refractivity contribution in [2.24, 2.45) is 0 Å². The van der Waals surface area contributed by atoms with Crippen molar-refractivity contribution >= 4 is 22.7 Å². The van der Waals surface area contributed by atoms with Crippen molar-refractivity contribution in [3.8, 4) is 0 Å². The Labute approximate surface area is 117 Å². The molecule has 1 atom stereocenters. The highest BCUT2D eigenvalue weighted by molar-refractivity contribution is 5.92. The fourth-order valence-electron chi connectivity index (χ4n) is 2.09. The molecule has 1 aliphatic carbocycles. The van der Waals surface area contributed by atoms with E-state index >= 15 is 0 Å². The number of oxazole rings is 1. The molecule has 2 N–H and O–H groups in total. The van der Waals surface area contributed by atoms with Crippen LogP contribution in [0.4, 0.5) is 5.69 Å². The van der Waals surface area contributed by atoms with Crippen molar-refractivity contribution < 1.29 is 14.3 Å². The zero-order chi connectivity index (χ0) is 14.1. The van der Waals surface area contributed by atoms with Crippen molar-refractivity contribution in [1.29, 1.82) is 0 Å². The van der Waals surface area contributed by atoms with Crippen molar-refractivity contribution in [1.82, 2.24) is 4.98 Å². The Kier molecular flexibility index (Phi) is 3.44. The van der Waals surface area contributed by atoms with Crippen LogP contribution in [0, 0.1) is 0 Å². The SMILES string of the molecule is CC(O)CCC(=O)Nc1ccc2oc(C3CC3)nc2c1. The Hall–Kier alpha value is -1.88. The number of aliphatic hydroxyl groups excluding tert-OH is 1. The zero-order valence-corrected chi connectivity index (χ0v) is 11.4. The molecule has 20 heavy (non-hydrogen) atoms. The number of hydrogen-bond acceptors (Lipinski definition) is 4. The number of rotatable bonds is 5. The summed E-state index contributed by atoms with van der Waals surface area (Å²) in [6.45, 7) is 1.67. The van der Waals surface area contributed by atoms with E-state index in [1.807, 2.05) is 18.2 Å². The quantitative estimate of drug-likeness (QED) is 0.879. The van der Waals surface area contributed by atoms with E-state index in [1.54, 1.807) is 6.92 Å². The van der Waals surface area contributed by atoms with Gasteiger partial charge in [-0.25, -0.2) is 4.98 Å². The molecule has 0 saturated heterocycles. The van der Waals surface area contributed by atoms with E-state index in [4.69, 9.17) is 9.52 Å². The van der Waals surface area contributed by atoms with Crippen LogP contribution in [0.3, 0.4) is 0 Å². The van der Waals surface area contributed by atoms with Gasteiger partial charge in [-0.2, -0.15) is 0 Å². The number of anilines is 1. The lowest BCUT2D eigenvalue weighted by Gasteiger charge is -2.06. The van der Waals surface area contributed by atoms with Gasteiger partial charge < -0.3 is 14.8 Å². The summed E-state index contributed by atoms with van der Waals surface area (Å²) in [5.74, 6) is 1.18. The molecule has 1 saturated carbocycles. The number of benzene rings is 1. The lowest BCUT2D eigenvalue weighted by Crippen LogP contribution is -2.13. The van der Waals surface area contributed by atoms with Crippen LogP contribution in [0.15, 0.2) is 22.6 Å². The molecule has 5 heteroatoms. The third kappa shape index (κ3) is 2.99. The average molecular weight is 274 g/mol. The molecule has 5 nitrogen and oxygen atoms in total. The molecule has 3 rings (SSSR count). The van der Waals surface area contributed by atoms with Gasteiger partial charge in [0.05, 0.1) is 6.10 Å². The third-order valence-corrected chi connectivity index (χ3v) is 3.40. The number of carbonyl (C=O) groups excluding carboxylic acids is 1. The number of nitrogens with one attached hydrogen (secondary N) is 1. The lowest BCUT2D eigenvalue weighted by molar-refractivity contribution is -0.116. The predicted molar refractivity (Wildman–Crippen MR) is 75.5 cm³/mol. The first-order valence-electron chi connectivity index (χ1n) is 7.00. The van der Waals surface area contributed by atoms with Crippen LogP contribution in [0.2, 0.25) is 0 Å². The lowest BCUT2D eigenvalue weighted by atomic mass is 10.2. The summed E-state index contributed by atoms with van der Waals surface area (Å²) in [5, 5.41) is 12.0. The Morgan fingerprint density at radius 3 is 3.05 bits per heavy atom. The Morgan fingerprint density at radius 2 is 2.35 bits per heavy atom. The summed E-state index contributed by atoms with van der Waals surface area (Å²) in [5.41, 5.74) is 2.25. The second kappa shape index (κ2) is 5.25. The molecular formula is C15H18N2O3. The van der Waals surface area contributed by atoms with E-state index in [9.17, 15) is 4.79 Å². The van der Waals surface area contributed by atoms with Gasteiger partial charge in [0, 0.05) is 18.0 Å². The molecule has 0 aliphatic heterocycles. The van der Waals surface area contributed by atoms with Crippen LogP contribution < -0.4 is 5.32 Å². The second-order valence-electron chi connectivity index (χ2n) is 5.44. The minimum atomic E-state index is -0.458. The van der Waals surface area contributed by atoms with Gasteiger partial charge >= 0.3 is 0 Å². The monoisotopic (exact) mass is 274 g/mol. The third-order valence-electron chi connectivity index (χ3n) is 3.40. The van der Waals surface area contributed by atoms with E-state index in [0.29, 0.717) is 24.4 Å². The molecular weight excluding hydrogens is 256 g/mol. The van der Waals surface area contributed by atoms with E-state index in [1.165, 1.54) is 0 Å². The number of hydrogen-bond donors (Lipinski definition) is 2. The van der Waals surface area contributed by atoms with E-state index < -0.39 is 6.10 Å². The molecule has 106 valence electrons. The minimum absolute atomic E-state index is 0.101. The van der Waals surface area contributed by atoms with Gasteiger partial charge in [0.1, 0.15) is 5.52 Å². The van der Waals surface area contributed by atoms with Crippen LogP contribution in [-0.2, 0) is 4.79 Å². The van der Waals surface area contributed by atoms with Gasteiger partial charge in [-0.15, -0.1) is 0 Å². The van der Waals surface area contributed by atoms with Crippen LogP contribution in [0.25, 0.3) is 11.1 Å². The first-order valence-corrected chi connectivity index (χ1v) is 7.00. The fraction of sp³-hybridized carbons (Fsp3) is 0.467. The molecule has 0 spiro atoms. The summed E-state index contributed by atoms with van der Waals surface area (Å²) in [7, 11) is 0. The molecule has 1 aromatic carbocycles. The Balaban J connectivity index is 1.70. The predicted octanol–water partition coefficient (Wildman–Crippen LogP) is 2.80. The number of aliphatic hydroxyl groups is 1. The normalized spacial score (nSPS) is 16.3. The molecule has 1 aromatic heterocycles. The standard InChI is InChI=1S/C15H18N2O3/c1-9(18)2-7-14(19)16-11-5-6-13-12(8-11)17-15(20-13)10-3-4-10/h5-6,8-10,18H,2-4,7H2,1H3,(H,16,19). The Bertz CT molecular complexity index is 629. The number of amides is 1. The molecule has 0 radical (unpaired) electrons. The summed E-state index contributed by atoms with van der Waals surface area (Å²) >= 11 is 0. The number of carbonyl (C=O) groups is 1. The molecule has 1 aliphatic rings. The molecule has 2 aromatic rings. The highest BCUT2D eigenvalue weighted by Crippen LogP contribution is 2.40. The number of fused-ring (bicyclic) bond motifs is 1. The topological polar surface area (TPSA) is 75.4 Å². The maximum atomic E-state index is 11.7. The van der Waals surface area contributed by atoms with Crippen LogP contribution in [-0.4, -0.2) is 22.1 Å². The van der Waals surface area contributed by atoms with Crippen molar-refractivity contribution in [3.63, 3.8) is 0 Å². The van der Waals surface area contributed by atoms with Gasteiger partial charge in [-0.3, -0.25) is 4.79 Å². The summed E-state index contributed by atoms with van der Waals surface area (Å²) in [4.78, 5) is 16.2. The van der Waals surface area contributed by atoms with E-state index in [-0.39, 0.29) is 5.91 Å². The molecule has 1 amide bonds. The van der Waals surface area contributed by atoms with Gasteiger partial charge in [-0.1, -0.05) is 0 Å². The van der Waals surface area contributed by atoms with Gasteiger partial charge in [-0.05, 0) is 44.4 Å². The molecule has 1 heterocycles. The molecule has 0 bridgehead atoms. The summed E-state index contributed by atoms with van der Waals surface area (Å²) in [6.07, 6.45) is 2.61. The van der Waals surface area contributed by atoms with Gasteiger partial charge in [0.2, 0.25) is 5.91 Å². The zero-order valence-electron chi connectivity index (χ0n) is 11.4. The minimum Gasteiger partial charge on any atom is -0.440 e. The number of aromatic nitrogens is 1. The largest absolute Gasteiger partial charge is 0.440 e. The first-order chi connectivity index (χ1) is 9.61. The van der Waals surface area contributed by atoms with Crippen LogP contribution in [0.5, 0.6) is 0 Å². The van der Waals surface area contributed by atoms with Crippen molar-refractivity contribution in [3.05, 3.63) is 24.1 Å². The van der Waals surface area contributed by atoms with Crippen molar-refractivity contribution in [2.45, 2.75) is 44.6 Å². The smallest absolute Gasteiger partial charge is 0.224 e. The summed E-state index contributed by atoms with van der Waals surface area (Å²) < 4.78 is 5.67. The van der Waals surface area contributed by atoms with E-state index in [2.05, 4.69) is 10.3 Å². The van der Waals surface area contributed by atoms with Gasteiger partial charge in [0.25, 0.3) is 0 Å². The van der Waals surface area contributed by atoms with Crippen LogP contribution >= 0.6 is 0 Å². The highest BCUT2D eigenvalue weighted by Gasteiger charge is 2.28. The molecule has 1 fully saturated rings. The maximum absolute atomic E-state index is 11.7. The number of nitrogens with zero attached hydrogens (tertiary/aromatic N) is 1.